The lowest BCUT2D eigenvalue weighted by molar-refractivity contribution is 0.0727. The summed E-state index contributed by atoms with van der Waals surface area (Å²) >= 11 is 5.83. The van der Waals surface area contributed by atoms with E-state index in [0.717, 1.165) is 16.8 Å². The highest BCUT2D eigenvalue weighted by Crippen LogP contribution is 2.15. The lowest BCUT2D eigenvalue weighted by atomic mass is 10.1. The average Bonchev–Trinajstić information content (AvgIpc) is 2.62. The summed E-state index contributed by atoms with van der Waals surface area (Å²) in [4.78, 5) is 23.1. The fourth-order valence-corrected chi connectivity index (χ4v) is 2.71. The van der Waals surface area contributed by atoms with E-state index < -0.39 is 0 Å². The topological polar surface area (TPSA) is 46.1 Å². The van der Waals surface area contributed by atoms with Crippen LogP contribution in [-0.2, 0) is 13.1 Å². The summed E-state index contributed by atoms with van der Waals surface area (Å²) in [6, 6.07) is 17.2. The van der Waals surface area contributed by atoms with E-state index in [4.69, 9.17) is 11.6 Å². The van der Waals surface area contributed by atoms with Crippen LogP contribution in [0.25, 0.3) is 0 Å². The molecule has 5 heteroatoms. The second kappa shape index (κ2) is 7.90. The first-order chi connectivity index (χ1) is 12.1. The van der Waals surface area contributed by atoms with Crippen molar-refractivity contribution in [3.63, 3.8) is 0 Å². The number of hydrogen-bond donors (Lipinski definition) is 0. The molecule has 3 rings (SSSR count). The third-order valence-electron chi connectivity index (χ3n) is 3.80. The molecule has 0 saturated heterocycles. The van der Waals surface area contributed by atoms with E-state index in [9.17, 15) is 4.79 Å². The van der Waals surface area contributed by atoms with Gasteiger partial charge in [-0.2, -0.15) is 0 Å². The van der Waals surface area contributed by atoms with Crippen LogP contribution in [0.3, 0.4) is 0 Å². The molecule has 0 atom stereocenters. The SMILES string of the molecule is Cc1cccc(CN(Cc2ccccn2)C(=O)c2ccc(Cl)nc2)c1. The van der Waals surface area contributed by atoms with Crippen LogP contribution < -0.4 is 0 Å². The summed E-state index contributed by atoms with van der Waals surface area (Å²) in [6.07, 6.45) is 3.24. The maximum Gasteiger partial charge on any atom is 0.256 e. The second-order valence-electron chi connectivity index (χ2n) is 5.84. The first-order valence-corrected chi connectivity index (χ1v) is 8.36. The van der Waals surface area contributed by atoms with Gasteiger partial charge >= 0.3 is 0 Å². The van der Waals surface area contributed by atoms with Crippen LogP contribution in [0, 0.1) is 6.92 Å². The van der Waals surface area contributed by atoms with Gasteiger partial charge in [-0.1, -0.05) is 47.5 Å². The normalized spacial score (nSPS) is 10.5. The number of halogens is 1. The third-order valence-corrected chi connectivity index (χ3v) is 4.02. The molecule has 0 bridgehead atoms. The largest absolute Gasteiger partial charge is 0.328 e. The highest BCUT2D eigenvalue weighted by molar-refractivity contribution is 6.29. The minimum Gasteiger partial charge on any atom is -0.328 e. The molecular formula is C20H18ClN3O. The molecule has 0 unspecified atom stereocenters. The molecule has 1 aromatic carbocycles. The molecule has 0 N–H and O–H groups in total. The van der Waals surface area contributed by atoms with Crippen molar-refractivity contribution in [2.45, 2.75) is 20.0 Å². The van der Waals surface area contributed by atoms with Gasteiger partial charge in [0.2, 0.25) is 0 Å². The van der Waals surface area contributed by atoms with E-state index in [1.54, 1.807) is 23.2 Å². The van der Waals surface area contributed by atoms with Crippen LogP contribution in [0.15, 0.2) is 67.0 Å². The summed E-state index contributed by atoms with van der Waals surface area (Å²) in [7, 11) is 0. The Morgan fingerprint density at radius 2 is 1.92 bits per heavy atom. The van der Waals surface area contributed by atoms with Crippen LogP contribution in [0.2, 0.25) is 5.15 Å². The van der Waals surface area contributed by atoms with Crippen molar-refractivity contribution in [3.05, 3.63) is 94.5 Å². The Morgan fingerprint density at radius 1 is 1.04 bits per heavy atom. The van der Waals surface area contributed by atoms with E-state index >= 15 is 0 Å². The monoisotopic (exact) mass is 351 g/mol. The van der Waals surface area contributed by atoms with Crippen molar-refractivity contribution in [2.24, 2.45) is 0 Å². The lowest BCUT2D eigenvalue weighted by Crippen LogP contribution is -2.30. The van der Waals surface area contributed by atoms with Crippen LogP contribution in [-0.4, -0.2) is 20.8 Å². The van der Waals surface area contributed by atoms with Crippen LogP contribution in [0.4, 0.5) is 0 Å². The molecule has 2 aromatic heterocycles. The molecule has 126 valence electrons. The summed E-state index contributed by atoms with van der Waals surface area (Å²) in [6.45, 7) is 2.97. The minimum atomic E-state index is -0.101. The predicted molar refractivity (Wildman–Crippen MR) is 98.2 cm³/mol. The van der Waals surface area contributed by atoms with Crippen molar-refractivity contribution in [1.29, 1.82) is 0 Å². The molecule has 0 aliphatic rings. The van der Waals surface area contributed by atoms with Crippen LogP contribution in [0.5, 0.6) is 0 Å². The molecule has 3 aromatic rings. The van der Waals surface area contributed by atoms with Gasteiger partial charge in [0.1, 0.15) is 5.15 Å². The molecule has 25 heavy (non-hydrogen) atoms. The Labute approximate surface area is 152 Å². The zero-order valence-corrected chi connectivity index (χ0v) is 14.6. The van der Waals surface area contributed by atoms with E-state index in [2.05, 4.69) is 16.0 Å². The molecule has 0 saturated carbocycles. The second-order valence-corrected chi connectivity index (χ2v) is 6.23. The molecular weight excluding hydrogens is 334 g/mol. The lowest BCUT2D eigenvalue weighted by Gasteiger charge is -2.23. The van der Waals surface area contributed by atoms with Gasteiger partial charge < -0.3 is 4.90 Å². The number of rotatable bonds is 5. The van der Waals surface area contributed by atoms with Crippen LogP contribution >= 0.6 is 11.6 Å². The number of amides is 1. The van der Waals surface area contributed by atoms with Crippen molar-refractivity contribution in [3.8, 4) is 0 Å². The van der Waals surface area contributed by atoms with Crippen molar-refractivity contribution in [2.75, 3.05) is 0 Å². The van der Waals surface area contributed by atoms with Crippen molar-refractivity contribution in [1.82, 2.24) is 14.9 Å². The smallest absolute Gasteiger partial charge is 0.256 e. The van der Waals surface area contributed by atoms with Gasteiger partial charge in [0.15, 0.2) is 0 Å². The van der Waals surface area contributed by atoms with Crippen molar-refractivity contribution < 1.29 is 4.79 Å². The molecule has 0 spiro atoms. The van der Waals surface area contributed by atoms with Gasteiger partial charge in [0.05, 0.1) is 17.8 Å². The summed E-state index contributed by atoms with van der Waals surface area (Å²) in [5.41, 5.74) is 3.58. The molecule has 1 amide bonds. The Kier molecular flexibility index (Phi) is 5.41. The summed E-state index contributed by atoms with van der Waals surface area (Å²) < 4.78 is 0. The summed E-state index contributed by atoms with van der Waals surface area (Å²) in [5.74, 6) is -0.101. The average molecular weight is 352 g/mol. The third kappa shape index (κ3) is 4.64. The fourth-order valence-electron chi connectivity index (χ4n) is 2.60. The maximum absolute atomic E-state index is 13.0. The number of nitrogens with zero attached hydrogens (tertiary/aromatic N) is 3. The fraction of sp³-hybridized carbons (Fsp3) is 0.150. The predicted octanol–water partition coefficient (Wildman–Crippen LogP) is 4.28. The zero-order valence-electron chi connectivity index (χ0n) is 13.9. The van der Waals surface area contributed by atoms with E-state index in [1.807, 2.05) is 43.3 Å². The standard InChI is InChI=1S/C20H18ClN3O/c1-15-5-4-6-16(11-15)13-24(14-18-7-2-3-10-22-18)20(25)17-8-9-19(21)23-12-17/h2-12H,13-14H2,1H3. The van der Waals surface area contributed by atoms with Gasteiger partial charge in [-0.05, 0) is 36.8 Å². The molecule has 0 aliphatic heterocycles. The number of aryl methyl sites for hydroxylation is 1. The van der Waals surface area contributed by atoms with Gasteiger partial charge in [0, 0.05) is 18.9 Å². The number of pyridine rings is 2. The first-order valence-electron chi connectivity index (χ1n) is 7.98. The number of carbonyl (C=O) groups is 1. The molecule has 0 aliphatic carbocycles. The highest BCUT2D eigenvalue weighted by Gasteiger charge is 2.17. The number of benzene rings is 1. The molecule has 0 fully saturated rings. The maximum atomic E-state index is 13.0. The highest BCUT2D eigenvalue weighted by atomic mass is 35.5. The quantitative estimate of drug-likeness (QED) is 0.644. The Hall–Kier alpha value is -2.72. The summed E-state index contributed by atoms with van der Waals surface area (Å²) in [5, 5.41) is 0.367. The van der Waals surface area contributed by atoms with Crippen LogP contribution in [0.1, 0.15) is 27.2 Å². The van der Waals surface area contributed by atoms with Gasteiger partial charge in [0.25, 0.3) is 5.91 Å². The molecule has 0 radical (unpaired) electrons. The first kappa shape index (κ1) is 17.1. The number of hydrogen-bond acceptors (Lipinski definition) is 3. The van der Waals surface area contributed by atoms with E-state index in [-0.39, 0.29) is 5.91 Å². The molecule has 4 nitrogen and oxygen atoms in total. The van der Waals surface area contributed by atoms with Gasteiger partial charge in [-0.3, -0.25) is 9.78 Å². The minimum absolute atomic E-state index is 0.101. The van der Waals surface area contributed by atoms with E-state index in [0.29, 0.717) is 23.8 Å². The Bertz CT molecular complexity index is 850. The Balaban J connectivity index is 1.87. The number of carbonyl (C=O) groups excluding carboxylic acids is 1. The van der Waals surface area contributed by atoms with Gasteiger partial charge in [-0.25, -0.2) is 4.98 Å². The molecule has 2 heterocycles. The number of aromatic nitrogens is 2. The Morgan fingerprint density at radius 3 is 2.60 bits per heavy atom. The zero-order chi connectivity index (χ0) is 17.6. The van der Waals surface area contributed by atoms with Crippen molar-refractivity contribution >= 4 is 17.5 Å². The van der Waals surface area contributed by atoms with Gasteiger partial charge in [-0.15, -0.1) is 0 Å². The van der Waals surface area contributed by atoms with E-state index in [1.165, 1.54) is 6.20 Å².